The molecule has 1 aromatic carbocycles. The molecular weight excluding hydrogens is 258 g/mol. The molecule has 3 rings (SSSR count). The molecule has 0 spiro atoms. The van der Waals surface area contributed by atoms with Crippen molar-refractivity contribution in [2.24, 2.45) is 7.05 Å². The van der Waals surface area contributed by atoms with Crippen LogP contribution < -0.4 is 5.69 Å². The molecule has 0 saturated heterocycles. The molecule has 2 aromatic heterocycles. The number of aromatic carboxylic acids is 1. The molecule has 6 heteroatoms. The van der Waals surface area contributed by atoms with Crippen LogP contribution in [0.5, 0.6) is 0 Å². The van der Waals surface area contributed by atoms with Crippen molar-refractivity contribution >= 4 is 11.6 Å². The van der Waals surface area contributed by atoms with Crippen LogP contribution in [-0.2, 0) is 7.05 Å². The summed E-state index contributed by atoms with van der Waals surface area (Å²) in [6.07, 6.45) is 1.66. The monoisotopic (exact) mass is 269 g/mol. The van der Waals surface area contributed by atoms with Crippen molar-refractivity contribution in [1.29, 1.82) is 0 Å². The van der Waals surface area contributed by atoms with Gasteiger partial charge in [0.2, 0.25) is 0 Å². The first kappa shape index (κ1) is 12.2. The largest absolute Gasteiger partial charge is 0.478 e. The lowest BCUT2D eigenvalue weighted by Crippen LogP contribution is -2.17. The maximum absolute atomic E-state index is 11.9. The second kappa shape index (κ2) is 4.34. The summed E-state index contributed by atoms with van der Waals surface area (Å²) in [7, 11) is 1.58. The molecule has 0 saturated carbocycles. The fraction of sp³-hybridized carbons (Fsp3) is 0.0714. The molecule has 0 aliphatic rings. The normalized spacial score (nSPS) is 10.8. The summed E-state index contributed by atoms with van der Waals surface area (Å²) in [6, 6.07) is 10.1. The van der Waals surface area contributed by atoms with Gasteiger partial charge in [-0.2, -0.15) is 5.10 Å². The first-order chi connectivity index (χ1) is 9.56. The smallest absolute Gasteiger partial charge is 0.350 e. The van der Waals surface area contributed by atoms with E-state index in [1.165, 1.54) is 15.1 Å². The first-order valence-electron chi connectivity index (χ1n) is 5.95. The van der Waals surface area contributed by atoms with E-state index in [1.807, 2.05) is 6.07 Å². The molecule has 3 aromatic rings. The van der Waals surface area contributed by atoms with Crippen LogP contribution in [0, 0.1) is 0 Å². The van der Waals surface area contributed by atoms with Gasteiger partial charge in [-0.3, -0.25) is 0 Å². The van der Waals surface area contributed by atoms with Gasteiger partial charge < -0.3 is 5.11 Å². The molecule has 0 aliphatic carbocycles. The van der Waals surface area contributed by atoms with Crippen LogP contribution in [0.4, 0.5) is 0 Å². The van der Waals surface area contributed by atoms with Gasteiger partial charge in [0.05, 0.1) is 5.56 Å². The number of carbonyl (C=O) groups is 1. The standard InChI is InChI=1S/C14H11N3O3/c1-16-14(20)17-8-11(5-6-12(17)15-16)9-3-2-4-10(7-9)13(18)19/h2-8H,1H3,(H,18,19). The van der Waals surface area contributed by atoms with Crippen LogP contribution in [0.25, 0.3) is 16.8 Å². The Bertz CT molecular complexity index is 877. The van der Waals surface area contributed by atoms with Crippen molar-refractivity contribution < 1.29 is 9.90 Å². The number of benzene rings is 1. The number of hydrogen-bond acceptors (Lipinski definition) is 3. The zero-order valence-electron chi connectivity index (χ0n) is 10.6. The van der Waals surface area contributed by atoms with Gasteiger partial charge in [-0.05, 0) is 35.4 Å². The zero-order valence-corrected chi connectivity index (χ0v) is 10.6. The zero-order chi connectivity index (χ0) is 14.3. The molecule has 0 bridgehead atoms. The topological polar surface area (TPSA) is 76.6 Å². The number of rotatable bonds is 2. The lowest BCUT2D eigenvalue weighted by atomic mass is 10.0. The van der Waals surface area contributed by atoms with Crippen LogP contribution in [0.15, 0.2) is 47.4 Å². The van der Waals surface area contributed by atoms with E-state index in [2.05, 4.69) is 5.10 Å². The molecule has 2 heterocycles. The van der Waals surface area contributed by atoms with E-state index < -0.39 is 5.97 Å². The average Bonchev–Trinajstić information content (AvgIpc) is 2.74. The first-order valence-corrected chi connectivity index (χ1v) is 5.95. The van der Waals surface area contributed by atoms with Crippen LogP contribution in [0.1, 0.15) is 10.4 Å². The van der Waals surface area contributed by atoms with E-state index in [4.69, 9.17) is 5.11 Å². The lowest BCUT2D eigenvalue weighted by Gasteiger charge is -2.03. The van der Waals surface area contributed by atoms with Gasteiger partial charge in [0, 0.05) is 13.2 Å². The van der Waals surface area contributed by atoms with Gasteiger partial charge in [0.15, 0.2) is 5.65 Å². The maximum Gasteiger partial charge on any atom is 0.350 e. The predicted octanol–water partition coefficient (Wildman–Crippen LogP) is 1.40. The highest BCUT2D eigenvalue weighted by Gasteiger charge is 2.08. The van der Waals surface area contributed by atoms with E-state index >= 15 is 0 Å². The van der Waals surface area contributed by atoms with Gasteiger partial charge in [-0.1, -0.05) is 12.1 Å². The van der Waals surface area contributed by atoms with Gasteiger partial charge in [-0.25, -0.2) is 18.7 Å². The van der Waals surface area contributed by atoms with Crippen molar-refractivity contribution in [3.05, 3.63) is 58.6 Å². The predicted molar refractivity (Wildman–Crippen MR) is 72.8 cm³/mol. The average molecular weight is 269 g/mol. The van der Waals surface area contributed by atoms with E-state index in [0.29, 0.717) is 5.65 Å². The minimum absolute atomic E-state index is 0.209. The summed E-state index contributed by atoms with van der Waals surface area (Å²) in [5.74, 6) is -0.980. The van der Waals surface area contributed by atoms with Crippen molar-refractivity contribution in [3.63, 3.8) is 0 Å². The van der Waals surface area contributed by atoms with Crippen molar-refractivity contribution in [2.45, 2.75) is 0 Å². The fourth-order valence-electron chi connectivity index (χ4n) is 2.08. The Hall–Kier alpha value is -2.89. The number of aromatic nitrogens is 3. The third-order valence-electron chi connectivity index (χ3n) is 3.11. The van der Waals surface area contributed by atoms with Crippen LogP contribution in [-0.4, -0.2) is 25.3 Å². The Morgan fingerprint density at radius 2 is 2.00 bits per heavy atom. The van der Waals surface area contributed by atoms with Gasteiger partial charge in [0.25, 0.3) is 0 Å². The Morgan fingerprint density at radius 3 is 2.75 bits per heavy atom. The van der Waals surface area contributed by atoms with Crippen molar-refractivity contribution in [2.75, 3.05) is 0 Å². The highest BCUT2D eigenvalue weighted by molar-refractivity contribution is 5.89. The number of carboxylic acids is 1. The summed E-state index contributed by atoms with van der Waals surface area (Å²) in [4.78, 5) is 22.8. The van der Waals surface area contributed by atoms with E-state index in [9.17, 15) is 9.59 Å². The molecule has 6 nitrogen and oxygen atoms in total. The maximum atomic E-state index is 11.9. The number of pyridine rings is 1. The Labute approximate surface area is 113 Å². The molecule has 1 N–H and O–H groups in total. The lowest BCUT2D eigenvalue weighted by molar-refractivity contribution is 0.0697. The molecule has 0 amide bonds. The summed E-state index contributed by atoms with van der Waals surface area (Å²) in [5.41, 5.74) is 2.02. The summed E-state index contributed by atoms with van der Waals surface area (Å²) < 4.78 is 2.69. The quantitative estimate of drug-likeness (QED) is 0.763. The molecule has 0 unspecified atom stereocenters. The number of carboxylic acid groups (broad SMARTS) is 1. The Kier molecular flexibility index (Phi) is 2.64. The number of hydrogen-bond donors (Lipinski definition) is 1. The second-order valence-electron chi connectivity index (χ2n) is 4.44. The Morgan fingerprint density at radius 1 is 1.20 bits per heavy atom. The summed E-state index contributed by atoms with van der Waals surface area (Å²) >= 11 is 0. The molecule has 0 fully saturated rings. The fourth-order valence-corrected chi connectivity index (χ4v) is 2.08. The number of fused-ring (bicyclic) bond motifs is 1. The second-order valence-corrected chi connectivity index (χ2v) is 4.44. The van der Waals surface area contributed by atoms with Gasteiger partial charge in [-0.15, -0.1) is 0 Å². The summed E-state index contributed by atoms with van der Waals surface area (Å²) in [5, 5.41) is 13.1. The third-order valence-corrected chi connectivity index (χ3v) is 3.11. The third kappa shape index (κ3) is 1.87. The molecule has 0 atom stereocenters. The molecular formula is C14H11N3O3. The van der Waals surface area contributed by atoms with E-state index in [0.717, 1.165) is 11.1 Å². The van der Waals surface area contributed by atoms with Gasteiger partial charge in [0.1, 0.15) is 0 Å². The van der Waals surface area contributed by atoms with Crippen LogP contribution in [0.3, 0.4) is 0 Å². The molecule has 20 heavy (non-hydrogen) atoms. The summed E-state index contributed by atoms with van der Waals surface area (Å²) in [6.45, 7) is 0. The minimum atomic E-state index is -0.980. The highest BCUT2D eigenvalue weighted by Crippen LogP contribution is 2.20. The molecule has 100 valence electrons. The van der Waals surface area contributed by atoms with Crippen molar-refractivity contribution in [1.82, 2.24) is 14.2 Å². The SMILES string of the molecule is Cn1nc2ccc(-c3cccc(C(=O)O)c3)cn2c1=O. The van der Waals surface area contributed by atoms with Crippen LogP contribution >= 0.6 is 0 Å². The molecule has 0 radical (unpaired) electrons. The van der Waals surface area contributed by atoms with Gasteiger partial charge >= 0.3 is 11.7 Å². The highest BCUT2D eigenvalue weighted by atomic mass is 16.4. The number of aryl methyl sites for hydroxylation is 1. The molecule has 0 aliphatic heterocycles. The minimum Gasteiger partial charge on any atom is -0.478 e. The number of nitrogens with zero attached hydrogens (tertiary/aromatic N) is 3. The van der Waals surface area contributed by atoms with E-state index in [-0.39, 0.29) is 11.3 Å². The Balaban J connectivity index is 2.19. The van der Waals surface area contributed by atoms with Crippen molar-refractivity contribution in [3.8, 4) is 11.1 Å². The van der Waals surface area contributed by atoms with Crippen LogP contribution in [0.2, 0.25) is 0 Å². The van der Waals surface area contributed by atoms with E-state index in [1.54, 1.807) is 37.5 Å².